The fourth-order valence-electron chi connectivity index (χ4n) is 6.45. The second kappa shape index (κ2) is 10.8. The van der Waals surface area contributed by atoms with Gasteiger partial charge in [-0.25, -0.2) is 14.1 Å². The van der Waals surface area contributed by atoms with E-state index in [2.05, 4.69) is 36.3 Å². The molecule has 44 heavy (non-hydrogen) atoms. The molecule has 2 atom stereocenters. The maximum Gasteiger partial charge on any atom is 0.332 e. The van der Waals surface area contributed by atoms with Crippen LogP contribution in [0.5, 0.6) is 0 Å². The van der Waals surface area contributed by atoms with Crippen LogP contribution in [0, 0.1) is 5.82 Å². The van der Waals surface area contributed by atoms with Crippen molar-refractivity contribution in [2.45, 2.75) is 44.8 Å². The third kappa shape index (κ3) is 4.54. The minimum absolute atomic E-state index is 0.167. The third-order valence-electron chi connectivity index (χ3n) is 8.72. The van der Waals surface area contributed by atoms with Gasteiger partial charge in [-0.1, -0.05) is 80.6 Å². The Kier molecular flexibility index (Phi) is 6.77. The number of carbonyl (C=O) groups is 3. The van der Waals surface area contributed by atoms with Crippen molar-refractivity contribution >= 4 is 34.4 Å². The van der Waals surface area contributed by atoms with E-state index in [9.17, 15) is 18.8 Å². The molecule has 3 heterocycles. The number of nitrogens with one attached hydrogen (secondary N) is 2. The predicted molar refractivity (Wildman–Crippen MR) is 167 cm³/mol. The number of hydrogen-bond donors (Lipinski definition) is 2. The van der Waals surface area contributed by atoms with Crippen molar-refractivity contribution in [1.29, 1.82) is 0 Å². The summed E-state index contributed by atoms with van der Waals surface area (Å²) < 4.78 is 13.3. The zero-order valence-corrected chi connectivity index (χ0v) is 24.4. The summed E-state index contributed by atoms with van der Waals surface area (Å²) in [7, 11) is 0. The lowest BCUT2D eigenvalue weighted by Crippen LogP contribution is -2.44. The topological polar surface area (TPSA) is 85.5 Å². The van der Waals surface area contributed by atoms with Gasteiger partial charge in [0.15, 0.2) is 0 Å². The molecule has 7 nitrogen and oxygen atoms in total. The lowest BCUT2D eigenvalue weighted by atomic mass is 9.88. The van der Waals surface area contributed by atoms with Gasteiger partial charge < -0.3 is 10.3 Å². The van der Waals surface area contributed by atoms with E-state index in [-0.39, 0.29) is 29.5 Å². The maximum atomic E-state index is 14.4. The number of nitrogens with zero attached hydrogens (tertiary/aromatic N) is 2. The normalized spacial score (nSPS) is 17.7. The minimum atomic E-state index is -0.737. The molecular formula is C36H31FN4O3. The van der Waals surface area contributed by atoms with E-state index < -0.39 is 24.0 Å². The van der Waals surface area contributed by atoms with E-state index in [4.69, 9.17) is 0 Å². The van der Waals surface area contributed by atoms with Gasteiger partial charge in [-0.05, 0) is 58.5 Å². The molecule has 5 aromatic rings. The van der Waals surface area contributed by atoms with Crippen LogP contribution in [0.4, 0.5) is 14.9 Å². The van der Waals surface area contributed by atoms with E-state index in [1.165, 1.54) is 17.7 Å². The summed E-state index contributed by atoms with van der Waals surface area (Å²) in [5, 5.41) is 3.87. The number of urea groups is 1. The highest BCUT2D eigenvalue weighted by molar-refractivity contribution is 6.24. The molecule has 8 heteroatoms. The molecule has 1 fully saturated rings. The monoisotopic (exact) mass is 586 g/mol. The molecule has 1 unspecified atom stereocenters. The third-order valence-corrected chi connectivity index (χ3v) is 8.72. The summed E-state index contributed by atoms with van der Waals surface area (Å²) in [4.78, 5) is 48.4. The highest BCUT2D eigenvalue weighted by atomic mass is 19.1. The van der Waals surface area contributed by atoms with E-state index >= 15 is 0 Å². The lowest BCUT2D eigenvalue weighted by Gasteiger charge is -2.36. The highest BCUT2D eigenvalue weighted by Gasteiger charge is 2.53. The number of aromatic amines is 1. The van der Waals surface area contributed by atoms with Gasteiger partial charge in [0, 0.05) is 29.6 Å². The zero-order valence-electron chi connectivity index (χ0n) is 24.4. The Morgan fingerprint density at radius 2 is 1.64 bits per heavy atom. The van der Waals surface area contributed by atoms with Crippen molar-refractivity contribution < 1.29 is 18.8 Å². The van der Waals surface area contributed by atoms with Crippen LogP contribution in [0.2, 0.25) is 0 Å². The summed E-state index contributed by atoms with van der Waals surface area (Å²) in [5.74, 6) is -0.815. The first-order valence-electron chi connectivity index (χ1n) is 14.8. The Hall–Kier alpha value is -5.24. The SMILES string of the molecule is CC(C)c1ccc(C2c3[nH]c4ccccc4c3C[C@H]3C(=O)N(c4ccccc4C(=O)NCc4ccc(F)cc4)C(=O)N23)cc1. The zero-order chi connectivity index (χ0) is 30.5. The van der Waals surface area contributed by atoms with Crippen LogP contribution < -0.4 is 10.2 Å². The first-order valence-corrected chi connectivity index (χ1v) is 14.8. The fourth-order valence-corrected chi connectivity index (χ4v) is 6.45. The van der Waals surface area contributed by atoms with Crippen LogP contribution in [0.25, 0.3) is 10.9 Å². The Morgan fingerprint density at radius 3 is 2.39 bits per heavy atom. The minimum Gasteiger partial charge on any atom is -0.356 e. The van der Waals surface area contributed by atoms with Gasteiger partial charge >= 0.3 is 6.03 Å². The van der Waals surface area contributed by atoms with Gasteiger partial charge in [-0.2, -0.15) is 0 Å². The predicted octanol–water partition coefficient (Wildman–Crippen LogP) is 6.84. The largest absolute Gasteiger partial charge is 0.356 e. The first-order chi connectivity index (χ1) is 21.3. The molecule has 2 aliphatic rings. The summed E-state index contributed by atoms with van der Waals surface area (Å²) >= 11 is 0. The molecular weight excluding hydrogens is 555 g/mol. The smallest absolute Gasteiger partial charge is 0.332 e. The molecule has 0 spiro atoms. The Balaban J connectivity index is 1.27. The number of benzene rings is 4. The molecule has 0 aliphatic carbocycles. The van der Waals surface area contributed by atoms with Gasteiger partial charge in [0.2, 0.25) is 0 Å². The second-order valence-electron chi connectivity index (χ2n) is 11.7. The average molecular weight is 587 g/mol. The molecule has 7 rings (SSSR count). The summed E-state index contributed by atoms with van der Waals surface area (Å²) in [6.45, 7) is 4.44. The quantitative estimate of drug-likeness (QED) is 0.214. The van der Waals surface area contributed by atoms with E-state index in [1.54, 1.807) is 41.3 Å². The number of amides is 4. The van der Waals surface area contributed by atoms with E-state index in [0.717, 1.165) is 38.2 Å². The summed E-state index contributed by atoms with van der Waals surface area (Å²) in [6, 6.07) is 27.0. The van der Waals surface area contributed by atoms with Crippen LogP contribution in [0.15, 0.2) is 97.1 Å². The summed E-state index contributed by atoms with van der Waals surface area (Å²) in [6.07, 6.45) is 0.361. The number of aromatic nitrogens is 1. The standard InChI is InChI=1S/C36H31FN4O3/c1-21(2)23-13-15-24(16-14-23)33-32-28(26-7-3-5-9-29(26)39-32)19-31-35(43)41(36(44)40(31)33)30-10-6-4-8-27(30)34(42)38-20-22-11-17-25(37)18-12-22/h3-18,21,31,33,39H,19-20H2,1-2H3,(H,38,42)/t31-,33?/m0/s1. The molecule has 0 saturated carbocycles. The van der Waals surface area contributed by atoms with Crippen LogP contribution in [-0.2, 0) is 17.8 Å². The molecule has 4 aromatic carbocycles. The first kappa shape index (κ1) is 27.6. The second-order valence-corrected chi connectivity index (χ2v) is 11.7. The van der Waals surface area contributed by atoms with Crippen molar-refractivity contribution in [2.75, 3.05) is 4.90 Å². The van der Waals surface area contributed by atoms with Gasteiger partial charge in [-0.15, -0.1) is 0 Å². The number of rotatable bonds is 6. The molecule has 0 radical (unpaired) electrons. The van der Waals surface area contributed by atoms with Crippen molar-refractivity contribution in [3.05, 3.63) is 136 Å². The molecule has 4 amide bonds. The number of hydrogen-bond acceptors (Lipinski definition) is 3. The molecule has 2 N–H and O–H groups in total. The summed E-state index contributed by atoms with van der Waals surface area (Å²) in [5.41, 5.74) is 6.13. The Bertz CT molecular complexity index is 1910. The maximum absolute atomic E-state index is 14.4. The highest BCUT2D eigenvalue weighted by Crippen LogP contribution is 2.45. The van der Waals surface area contributed by atoms with Crippen molar-refractivity contribution in [2.24, 2.45) is 0 Å². The Labute approximate surface area is 254 Å². The van der Waals surface area contributed by atoms with Crippen LogP contribution in [-0.4, -0.2) is 33.8 Å². The average Bonchev–Trinajstić information content (AvgIpc) is 3.53. The number of para-hydroxylation sites is 2. The van der Waals surface area contributed by atoms with Crippen molar-refractivity contribution in [3.8, 4) is 0 Å². The van der Waals surface area contributed by atoms with Crippen molar-refractivity contribution in [3.63, 3.8) is 0 Å². The van der Waals surface area contributed by atoms with Gasteiger partial charge in [0.05, 0.1) is 11.3 Å². The number of H-pyrrole nitrogens is 1. The van der Waals surface area contributed by atoms with E-state index in [0.29, 0.717) is 12.3 Å². The van der Waals surface area contributed by atoms with E-state index in [1.807, 2.05) is 36.4 Å². The molecule has 2 aliphatic heterocycles. The fraction of sp³-hybridized carbons (Fsp3) is 0.194. The molecule has 220 valence electrons. The molecule has 1 saturated heterocycles. The number of imide groups is 1. The van der Waals surface area contributed by atoms with Crippen LogP contribution in [0.3, 0.4) is 0 Å². The number of halogens is 1. The molecule has 0 bridgehead atoms. The Morgan fingerprint density at radius 1 is 0.932 bits per heavy atom. The van der Waals surface area contributed by atoms with Gasteiger partial charge in [0.1, 0.15) is 17.9 Å². The number of anilines is 1. The number of fused-ring (bicyclic) bond motifs is 4. The van der Waals surface area contributed by atoms with Gasteiger partial charge in [-0.3, -0.25) is 14.5 Å². The molecule has 1 aromatic heterocycles. The number of carbonyl (C=O) groups excluding carboxylic acids is 3. The lowest BCUT2D eigenvalue weighted by molar-refractivity contribution is -0.120. The van der Waals surface area contributed by atoms with Crippen molar-refractivity contribution in [1.82, 2.24) is 15.2 Å². The van der Waals surface area contributed by atoms with Crippen LogP contribution in [0.1, 0.15) is 64.1 Å². The van der Waals surface area contributed by atoms with Gasteiger partial charge in [0.25, 0.3) is 11.8 Å². The van der Waals surface area contributed by atoms with Crippen LogP contribution >= 0.6 is 0 Å².